The van der Waals surface area contributed by atoms with Crippen LogP contribution in [-0.4, -0.2) is 61.5 Å². The van der Waals surface area contributed by atoms with E-state index in [4.69, 9.17) is 0 Å². The summed E-state index contributed by atoms with van der Waals surface area (Å²) in [5.41, 5.74) is 2.37. The fourth-order valence-electron chi connectivity index (χ4n) is 3.48. The Labute approximate surface area is 143 Å². The molecule has 5 rings (SSSR count). The van der Waals surface area contributed by atoms with Crippen molar-refractivity contribution in [1.82, 2.24) is 35.3 Å². The van der Waals surface area contributed by atoms with E-state index in [-0.39, 0.29) is 0 Å². The van der Waals surface area contributed by atoms with Crippen molar-refractivity contribution < 1.29 is 0 Å². The number of hydrogen-bond acceptors (Lipinski definition) is 7. The Kier molecular flexibility index (Phi) is 3.06. The molecule has 5 heterocycles. The average Bonchev–Trinajstić information content (AvgIpc) is 3.39. The van der Waals surface area contributed by atoms with E-state index in [2.05, 4.69) is 52.2 Å². The summed E-state index contributed by atoms with van der Waals surface area (Å²) in [4.78, 5) is 21.1. The largest absolute Gasteiger partial charge is 0.355 e. The lowest BCUT2D eigenvalue weighted by molar-refractivity contribution is 0.685. The van der Waals surface area contributed by atoms with Crippen LogP contribution in [0.4, 0.5) is 11.6 Å². The minimum atomic E-state index is 0.366. The molecule has 1 unspecified atom stereocenters. The van der Waals surface area contributed by atoms with Gasteiger partial charge in [0.1, 0.15) is 29.1 Å². The van der Waals surface area contributed by atoms with E-state index < -0.39 is 0 Å². The van der Waals surface area contributed by atoms with Crippen molar-refractivity contribution in [3.63, 3.8) is 0 Å². The van der Waals surface area contributed by atoms with Gasteiger partial charge >= 0.3 is 0 Å². The zero-order valence-corrected chi connectivity index (χ0v) is 13.7. The fraction of sp³-hybridized carbons (Fsp3) is 0.312. The summed E-state index contributed by atoms with van der Waals surface area (Å²) >= 11 is 0. The molecular weight excluding hydrogens is 318 g/mol. The molecule has 0 radical (unpaired) electrons. The third kappa shape index (κ3) is 2.27. The second-order valence-corrected chi connectivity index (χ2v) is 6.29. The Balaban J connectivity index is 1.40. The van der Waals surface area contributed by atoms with Gasteiger partial charge in [0.2, 0.25) is 0 Å². The molecule has 0 saturated carbocycles. The van der Waals surface area contributed by atoms with Crippen LogP contribution in [0.3, 0.4) is 0 Å². The van der Waals surface area contributed by atoms with E-state index >= 15 is 0 Å². The molecule has 1 saturated heterocycles. The number of nitrogens with one attached hydrogen (secondary N) is 2. The molecule has 0 aliphatic carbocycles. The van der Waals surface area contributed by atoms with Crippen molar-refractivity contribution in [1.29, 1.82) is 0 Å². The van der Waals surface area contributed by atoms with Crippen molar-refractivity contribution in [2.75, 3.05) is 29.9 Å². The Morgan fingerprint density at radius 2 is 2.16 bits per heavy atom. The van der Waals surface area contributed by atoms with Gasteiger partial charge in [-0.3, -0.25) is 0 Å². The van der Waals surface area contributed by atoms with Crippen molar-refractivity contribution in [3.8, 4) is 0 Å². The second kappa shape index (κ2) is 5.40. The SMILES string of the molecule is CN(c1ccc2nn[nH]c2n1)C1CCN(c2ncnc3[nH]ccc23)C1. The van der Waals surface area contributed by atoms with Crippen LogP contribution in [0.2, 0.25) is 0 Å². The molecule has 0 bridgehead atoms. The van der Waals surface area contributed by atoms with Gasteiger partial charge in [-0.15, -0.1) is 5.10 Å². The maximum absolute atomic E-state index is 4.62. The van der Waals surface area contributed by atoms with Gasteiger partial charge in [-0.1, -0.05) is 5.21 Å². The molecule has 1 aliphatic heterocycles. The number of rotatable bonds is 3. The van der Waals surface area contributed by atoms with Crippen molar-refractivity contribution in [3.05, 3.63) is 30.7 Å². The standard InChI is InChI=1S/C16H17N9/c1-24(13-3-2-12-15(20-13)22-23-21-12)10-5-7-25(8-10)16-11-4-6-17-14(11)18-9-19-16/h2-4,6,9-10H,5,7-8H2,1H3,(H,17,18,19)(H,20,21,22,23). The van der Waals surface area contributed by atoms with Gasteiger partial charge in [-0.25, -0.2) is 20.1 Å². The summed E-state index contributed by atoms with van der Waals surface area (Å²) in [7, 11) is 2.08. The Morgan fingerprint density at radius 3 is 3.12 bits per heavy atom. The molecule has 9 nitrogen and oxygen atoms in total. The van der Waals surface area contributed by atoms with Gasteiger partial charge in [0.05, 0.1) is 5.39 Å². The number of fused-ring (bicyclic) bond motifs is 2. The molecule has 1 fully saturated rings. The number of hydrogen-bond donors (Lipinski definition) is 2. The highest BCUT2D eigenvalue weighted by molar-refractivity contribution is 5.87. The molecular formula is C16H17N9. The van der Waals surface area contributed by atoms with Gasteiger partial charge < -0.3 is 14.8 Å². The first-order chi connectivity index (χ1) is 12.3. The Hall–Kier alpha value is -3.23. The van der Waals surface area contributed by atoms with E-state index in [1.807, 2.05) is 24.4 Å². The summed E-state index contributed by atoms with van der Waals surface area (Å²) in [5, 5.41) is 11.7. The summed E-state index contributed by atoms with van der Waals surface area (Å²) in [6.07, 6.45) is 4.57. The normalized spacial score (nSPS) is 17.6. The molecule has 0 amide bonds. The van der Waals surface area contributed by atoms with Crippen molar-refractivity contribution in [2.24, 2.45) is 0 Å². The zero-order valence-electron chi connectivity index (χ0n) is 13.7. The van der Waals surface area contributed by atoms with Crippen LogP contribution in [0.1, 0.15) is 6.42 Å². The van der Waals surface area contributed by atoms with Gasteiger partial charge in [-0.2, -0.15) is 0 Å². The van der Waals surface area contributed by atoms with E-state index in [0.717, 1.165) is 47.7 Å². The third-order valence-corrected chi connectivity index (χ3v) is 4.88. The van der Waals surface area contributed by atoms with Gasteiger partial charge in [0, 0.05) is 32.4 Å². The lowest BCUT2D eigenvalue weighted by atomic mass is 10.2. The third-order valence-electron chi connectivity index (χ3n) is 4.88. The van der Waals surface area contributed by atoms with Gasteiger partial charge in [0.15, 0.2) is 5.65 Å². The Bertz CT molecular complexity index is 1040. The monoisotopic (exact) mass is 335 g/mol. The predicted octanol–water partition coefficient (Wildman–Crippen LogP) is 1.34. The molecule has 1 atom stereocenters. The van der Waals surface area contributed by atoms with Crippen molar-refractivity contribution in [2.45, 2.75) is 12.5 Å². The average molecular weight is 335 g/mol. The number of H-pyrrole nitrogens is 2. The molecule has 126 valence electrons. The van der Waals surface area contributed by atoms with Crippen LogP contribution in [0.15, 0.2) is 30.7 Å². The summed E-state index contributed by atoms with van der Waals surface area (Å²) in [6, 6.07) is 6.33. The Morgan fingerprint density at radius 1 is 1.20 bits per heavy atom. The molecule has 4 aromatic rings. The molecule has 25 heavy (non-hydrogen) atoms. The lowest BCUT2D eigenvalue weighted by Gasteiger charge is -2.26. The predicted molar refractivity (Wildman–Crippen MR) is 94.6 cm³/mol. The van der Waals surface area contributed by atoms with Crippen LogP contribution in [0, 0.1) is 0 Å². The van der Waals surface area contributed by atoms with Crippen LogP contribution in [-0.2, 0) is 0 Å². The number of aromatic nitrogens is 7. The van der Waals surface area contributed by atoms with E-state index in [1.54, 1.807) is 6.33 Å². The molecule has 0 spiro atoms. The highest BCUT2D eigenvalue weighted by Gasteiger charge is 2.28. The first-order valence-corrected chi connectivity index (χ1v) is 8.23. The molecule has 0 aromatic carbocycles. The quantitative estimate of drug-likeness (QED) is 0.582. The first-order valence-electron chi connectivity index (χ1n) is 8.23. The van der Waals surface area contributed by atoms with Crippen LogP contribution < -0.4 is 9.80 Å². The topological polar surface area (TPSA) is 103 Å². The number of aromatic amines is 2. The van der Waals surface area contributed by atoms with E-state index in [9.17, 15) is 0 Å². The maximum Gasteiger partial charge on any atom is 0.177 e. The van der Waals surface area contributed by atoms with Crippen LogP contribution in [0.25, 0.3) is 22.2 Å². The van der Waals surface area contributed by atoms with Gasteiger partial charge in [-0.05, 0) is 24.6 Å². The summed E-state index contributed by atoms with van der Waals surface area (Å²) < 4.78 is 0. The minimum absolute atomic E-state index is 0.366. The van der Waals surface area contributed by atoms with Crippen LogP contribution in [0.5, 0.6) is 0 Å². The summed E-state index contributed by atoms with van der Waals surface area (Å²) in [6.45, 7) is 1.86. The number of likely N-dealkylation sites (N-methyl/N-ethyl adjacent to an activating group) is 1. The maximum atomic E-state index is 4.62. The molecule has 9 heteroatoms. The first kappa shape index (κ1) is 14.1. The number of nitrogens with zero attached hydrogens (tertiary/aromatic N) is 7. The van der Waals surface area contributed by atoms with Gasteiger partial charge in [0.25, 0.3) is 0 Å². The van der Waals surface area contributed by atoms with Crippen LogP contribution >= 0.6 is 0 Å². The smallest absolute Gasteiger partial charge is 0.177 e. The zero-order chi connectivity index (χ0) is 16.8. The molecule has 2 N–H and O–H groups in total. The van der Waals surface area contributed by atoms with E-state index in [0.29, 0.717) is 11.7 Å². The highest BCUT2D eigenvalue weighted by Crippen LogP contribution is 2.28. The van der Waals surface area contributed by atoms with E-state index in [1.165, 1.54) is 0 Å². The summed E-state index contributed by atoms with van der Waals surface area (Å²) in [5.74, 6) is 1.91. The minimum Gasteiger partial charge on any atom is -0.355 e. The van der Waals surface area contributed by atoms with Crippen molar-refractivity contribution >= 4 is 33.8 Å². The fourth-order valence-corrected chi connectivity index (χ4v) is 3.48. The molecule has 1 aliphatic rings. The highest BCUT2D eigenvalue weighted by atomic mass is 15.4. The number of pyridine rings is 1. The number of anilines is 2. The second-order valence-electron chi connectivity index (χ2n) is 6.29. The molecule has 4 aromatic heterocycles. The lowest BCUT2D eigenvalue weighted by Crippen LogP contribution is -2.35.